The molecular formula is C12H15FN2O. The molecule has 0 aliphatic rings. The zero-order chi connectivity index (χ0) is 12.0. The number of ether oxygens (including phenoxy) is 1. The average molecular weight is 222 g/mol. The van der Waals surface area contributed by atoms with E-state index in [1.54, 1.807) is 12.1 Å². The van der Waals surface area contributed by atoms with Gasteiger partial charge in [-0.05, 0) is 26.0 Å². The van der Waals surface area contributed by atoms with E-state index in [1.165, 1.54) is 6.07 Å². The molecule has 0 aliphatic carbocycles. The predicted octanol–water partition coefficient (Wildman–Crippen LogP) is 2.53. The molecule has 0 amide bonds. The number of rotatable bonds is 5. The summed E-state index contributed by atoms with van der Waals surface area (Å²) in [6.07, 6.45) is 0.0276. The minimum atomic E-state index is -0.503. The minimum absolute atomic E-state index is 0.0276. The summed E-state index contributed by atoms with van der Waals surface area (Å²) in [7, 11) is 0. The van der Waals surface area contributed by atoms with E-state index in [9.17, 15) is 4.39 Å². The van der Waals surface area contributed by atoms with Crippen molar-refractivity contribution in [3.8, 4) is 6.07 Å². The van der Waals surface area contributed by atoms with Gasteiger partial charge in [-0.15, -0.1) is 0 Å². The first-order valence-corrected chi connectivity index (χ1v) is 5.23. The molecule has 0 heterocycles. The summed E-state index contributed by atoms with van der Waals surface area (Å²) in [5.41, 5.74) is 0.556. The Labute approximate surface area is 94.8 Å². The van der Waals surface area contributed by atoms with Gasteiger partial charge in [0.2, 0.25) is 0 Å². The molecule has 1 rings (SSSR count). The fourth-order valence-electron chi connectivity index (χ4n) is 1.38. The molecule has 0 bridgehead atoms. The highest BCUT2D eigenvalue weighted by atomic mass is 19.1. The Hall–Kier alpha value is -1.60. The van der Waals surface area contributed by atoms with Gasteiger partial charge in [0, 0.05) is 13.2 Å². The third-order valence-corrected chi connectivity index (χ3v) is 2.16. The summed E-state index contributed by atoms with van der Waals surface area (Å²) in [6, 6.07) is 6.37. The number of anilines is 1. The topological polar surface area (TPSA) is 45.0 Å². The molecule has 1 N–H and O–H groups in total. The standard InChI is InChI=1S/C12H15FN2O/c1-3-16-9(2)8-15-12-6-4-5-11(13)10(12)7-14/h4-6,9,15H,3,8H2,1-2H3. The maximum Gasteiger partial charge on any atom is 0.143 e. The van der Waals surface area contributed by atoms with Gasteiger partial charge >= 0.3 is 0 Å². The van der Waals surface area contributed by atoms with Crippen LogP contribution in [0.2, 0.25) is 0 Å². The molecule has 1 atom stereocenters. The van der Waals surface area contributed by atoms with Crippen molar-refractivity contribution in [2.45, 2.75) is 20.0 Å². The number of nitrogens with one attached hydrogen (secondary N) is 1. The summed E-state index contributed by atoms with van der Waals surface area (Å²) >= 11 is 0. The molecule has 16 heavy (non-hydrogen) atoms. The van der Waals surface area contributed by atoms with Crippen LogP contribution in [0, 0.1) is 17.1 Å². The van der Waals surface area contributed by atoms with E-state index in [0.717, 1.165) is 0 Å². The van der Waals surface area contributed by atoms with Crippen molar-refractivity contribution in [1.29, 1.82) is 5.26 Å². The van der Waals surface area contributed by atoms with Crippen molar-refractivity contribution in [2.24, 2.45) is 0 Å². The van der Waals surface area contributed by atoms with E-state index in [-0.39, 0.29) is 11.7 Å². The molecule has 1 aromatic rings. The zero-order valence-electron chi connectivity index (χ0n) is 9.46. The number of benzene rings is 1. The van der Waals surface area contributed by atoms with Crippen LogP contribution in [0.15, 0.2) is 18.2 Å². The van der Waals surface area contributed by atoms with E-state index >= 15 is 0 Å². The third-order valence-electron chi connectivity index (χ3n) is 2.16. The lowest BCUT2D eigenvalue weighted by Crippen LogP contribution is -2.20. The summed E-state index contributed by atoms with van der Waals surface area (Å²) < 4.78 is 18.6. The highest BCUT2D eigenvalue weighted by Crippen LogP contribution is 2.17. The van der Waals surface area contributed by atoms with Crippen molar-refractivity contribution in [3.05, 3.63) is 29.6 Å². The largest absolute Gasteiger partial charge is 0.381 e. The highest BCUT2D eigenvalue weighted by Gasteiger charge is 2.08. The van der Waals surface area contributed by atoms with E-state index in [0.29, 0.717) is 18.8 Å². The molecular weight excluding hydrogens is 207 g/mol. The van der Waals surface area contributed by atoms with Gasteiger partial charge in [-0.1, -0.05) is 6.07 Å². The first kappa shape index (κ1) is 12.5. The molecule has 1 unspecified atom stereocenters. The summed E-state index contributed by atoms with van der Waals surface area (Å²) in [6.45, 7) is 5.02. The maximum atomic E-state index is 13.2. The molecule has 1 aromatic carbocycles. The van der Waals surface area contributed by atoms with Gasteiger partial charge in [0.25, 0.3) is 0 Å². The highest BCUT2D eigenvalue weighted by molar-refractivity contribution is 5.57. The smallest absolute Gasteiger partial charge is 0.143 e. The molecule has 86 valence electrons. The number of nitrogens with zero attached hydrogens (tertiary/aromatic N) is 1. The summed E-state index contributed by atoms with van der Waals surface area (Å²) in [5.74, 6) is -0.503. The van der Waals surface area contributed by atoms with Crippen LogP contribution < -0.4 is 5.32 Å². The van der Waals surface area contributed by atoms with Crippen molar-refractivity contribution >= 4 is 5.69 Å². The Morgan fingerprint density at radius 1 is 1.56 bits per heavy atom. The van der Waals surface area contributed by atoms with Crippen LogP contribution in [0.3, 0.4) is 0 Å². The summed E-state index contributed by atoms with van der Waals surface area (Å²) in [4.78, 5) is 0. The Kier molecular flexibility index (Phi) is 4.74. The van der Waals surface area contributed by atoms with E-state index in [2.05, 4.69) is 5.32 Å². The molecule has 4 heteroatoms. The number of halogens is 1. The average Bonchev–Trinajstić information content (AvgIpc) is 2.27. The van der Waals surface area contributed by atoms with E-state index < -0.39 is 5.82 Å². The zero-order valence-corrected chi connectivity index (χ0v) is 9.46. The SMILES string of the molecule is CCOC(C)CNc1cccc(F)c1C#N. The van der Waals surface area contributed by atoms with Crippen molar-refractivity contribution in [3.63, 3.8) is 0 Å². The quantitative estimate of drug-likeness (QED) is 0.832. The van der Waals surface area contributed by atoms with Gasteiger partial charge < -0.3 is 10.1 Å². The number of hydrogen-bond acceptors (Lipinski definition) is 3. The lowest BCUT2D eigenvalue weighted by molar-refractivity contribution is 0.0855. The van der Waals surface area contributed by atoms with Crippen LogP contribution in [0.4, 0.5) is 10.1 Å². The van der Waals surface area contributed by atoms with Crippen LogP contribution in [0.25, 0.3) is 0 Å². The van der Waals surface area contributed by atoms with Crippen molar-refractivity contribution in [2.75, 3.05) is 18.5 Å². The molecule has 3 nitrogen and oxygen atoms in total. The van der Waals surface area contributed by atoms with Gasteiger partial charge in [-0.3, -0.25) is 0 Å². The maximum absolute atomic E-state index is 13.2. The van der Waals surface area contributed by atoms with Crippen molar-refractivity contribution < 1.29 is 9.13 Å². The Bertz CT molecular complexity index is 387. The second-order valence-corrected chi connectivity index (χ2v) is 3.42. The van der Waals surface area contributed by atoms with Crippen LogP contribution in [0.5, 0.6) is 0 Å². The molecule has 0 saturated heterocycles. The van der Waals surface area contributed by atoms with E-state index in [1.807, 2.05) is 19.9 Å². The van der Waals surface area contributed by atoms with Gasteiger partial charge in [0.1, 0.15) is 17.4 Å². The van der Waals surface area contributed by atoms with E-state index in [4.69, 9.17) is 10.00 Å². The van der Waals surface area contributed by atoms with Crippen LogP contribution in [0.1, 0.15) is 19.4 Å². The lowest BCUT2D eigenvalue weighted by Gasteiger charge is -2.14. The Balaban J connectivity index is 2.67. The Morgan fingerprint density at radius 3 is 2.94 bits per heavy atom. The fraction of sp³-hybridized carbons (Fsp3) is 0.417. The second-order valence-electron chi connectivity index (χ2n) is 3.42. The van der Waals surface area contributed by atoms with Gasteiger partial charge in [-0.2, -0.15) is 5.26 Å². The number of hydrogen-bond donors (Lipinski definition) is 1. The molecule has 0 fully saturated rings. The monoisotopic (exact) mass is 222 g/mol. The lowest BCUT2D eigenvalue weighted by atomic mass is 10.2. The second kappa shape index (κ2) is 6.09. The minimum Gasteiger partial charge on any atom is -0.381 e. The first-order chi connectivity index (χ1) is 7.69. The van der Waals surface area contributed by atoms with Gasteiger partial charge in [0.15, 0.2) is 0 Å². The molecule has 0 aromatic heterocycles. The molecule has 0 aliphatic heterocycles. The normalized spacial score (nSPS) is 11.9. The van der Waals surface area contributed by atoms with Gasteiger partial charge in [-0.25, -0.2) is 4.39 Å². The molecule has 0 saturated carbocycles. The Morgan fingerprint density at radius 2 is 2.31 bits per heavy atom. The van der Waals surface area contributed by atoms with Crippen LogP contribution in [-0.4, -0.2) is 19.3 Å². The van der Waals surface area contributed by atoms with Crippen LogP contribution in [-0.2, 0) is 4.74 Å². The molecule has 0 radical (unpaired) electrons. The first-order valence-electron chi connectivity index (χ1n) is 5.23. The van der Waals surface area contributed by atoms with Gasteiger partial charge in [0.05, 0.1) is 11.8 Å². The van der Waals surface area contributed by atoms with Crippen molar-refractivity contribution in [1.82, 2.24) is 0 Å². The molecule has 0 spiro atoms. The predicted molar refractivity (Wildman–Crippen MR) is 60.7 cm³/mol. The number of nitriles is 1. The fourth-order valence-corrected chi connectivity index (χ4v) is 1.38. The third kappa shape index (κ3) is 3.21. The summed E-state index contributed by atoms with van der Waals surface area (Å²) in [5, 5.41) is 11.8. The van der Waals surface area contributed by atoms with Crippen LogP contribution >= 0.6 is 0 Å².